The maximum absolute atomic E-state index is 11.8. The van der Waals surface area contributed by atoms with Crippen LogP contribution < -0.4 is 10.1 Å². The van der Waals surface area contributed by atoms with Crippen LogP contribution in [0.2, 0.25) is 0 Å². The van der Waals surface area contributed by atoms with Gasteiger partial charge in [0.05, 0.1) is 13.7 Å². The van der Waals surface area contributed by atoms with Crippen LogP contribution in [0.4, 0.5) is 4.79 Å². The number of fused-ring (bicyclic) bond motifs is 1. The van der Waals surface area contributed by atoms with Gasteiger partial charge in [-0.05, 0) is 37.6 Å². The van der Waals surface area contributed by atoms with E-state index in [9.17, 15) is 4.79 Å². The molecule has 0 aromatic heterocycles. The van der Waals surface area contributed by atoms with Crippen molar-refractivity contribution in [3.05, 3.63) is 28.8 Å². The average Bonchev–Trinajstić information content (AvgIpc) is 2.46. The third-order valence-electron chi connectivity index (χ3n) is 3.51. The molecule has 1 aliphatic heterocycles. The lowest BCUT2D eigenvalue weighted by Gasteiger charge is -2.29. The largest absolute Gasteiger partial charge is 0.496 e. The standard InChI is InChI=1S/C15H22N2O3/c1-4-20-15(18)17-6-5-11-7-12(9-16-2)14(19-3)8-13(11)10-17/h7-8,16H,4-6,9-10H2,1-3H3. The lowest BCUT2D eigenvalue weighted by molar-refractivity contribution is 0.102. The first kappa shape index (κ1) is 14.7. The summed E-state index contributed by atoms with van der Waals surface area (Å²) in [5.74, 6) is 0.865. The van der Waals surface area contributed by atoms with E-state index in [4.69, 9.17) is 9.47 Å². The topological polar surface area (TPSA) is 50.8 Å². The van der Waals surface area contributed by atoms with Gasteiger partial charge in [0, 0.05) is 25.2 Å². The highest BCUT2D eigenvalue weighted by molar-refractivity contribution is 5.68. The highest BCUT2D eigenvalue weighted by atomic mass is 16.6. The molecule has 1 heterocycles. The molecular weight excluding hydrogens is 256 g/mol. The minimum absolute atomic E-state index is 0.239. The molecule has 0 aliphatic carbocycles. The van der Waals surface area contributed by atoms with E-state index < -0.39 is 0 Å². The number of carbonyl (C=O) groups excluding carboxylic acids is 1. The Kier molecular flexibility index (Phi) is 4.84. The van der Waals surface area contributed by atoms with Crippen molar-refractivity contribution in [1.29, 1.82) is 0 Å². The molecule has 0 atom stereocenters. The van der Waals surface area contributed by atoms with Gasteiger partial charge in [-0.25, -0.2) is 4.79 Å². The first-order chi connectivity index (χ1) is 9.69. The molecule has 0 saturated carbocycles. The van der Waals surface area contributed by atoms with Gasteiger partial charge in [0.25, 0.3) is 0 Å². The second-order valence-corrected chi connectivity index (χ2v) is 4.83. The summed E-state index contributed by atoms with van der Waals surface area (Å²) in [4.78, 5) is 13.5. The van der Waals surface area contributed by atoms with Crippen molar-refractivity contribution in [2.24, 2.45) is 0 Å². The summed E-state index contributed by atoms with van der Waals surface area (Å²) in [6.07, 6.45) is 0.617. The fraction of sp³-hybridized carbons (Fsp3) is 0.533. The zero-order valence-electron chi connectivity index (χ0n) is 12.4. The van der Waals surface area contributed by atoms with Crippen LogP contribution in [-0.2, 0) is 24.2 Å². The minimum Gasteiger partial charge on any atom is -0.496 e. The first-order valence-electron chi connectivity index (χ1n) is 6.94. The van der Waals surface area contributed by atoms with Crippen molar-refractivity contribution in [2.45, 2.75) is 26.4 Å². The number of benzene rings is 1. The van der Waals surface area contributed by atoms with Crippen molar-refractivity contribution in [3.63, 3.8) is 0 Å². The maximum Gasteiger partial charge on any atom is 0.410 e. The fourth-order valence-electron chi connectivity index (χ4n) is 2.53. The van der Waals surface area contributed by atoms with Gasteiger partial charge in [0.15, 0.2) is 0 Å². The van der Waals surface area contributed by atoms with Gasteiger partial charge in [0.2, 0.25) is 0 Å². The molecule has 0 fully saturated rings. The average molecular weight is 278 g/mol. The van der Waals surface area contributed by atoms with Crippen LogP contribution in [0.25, 0.3) is 0 Å². The van der Waals surface area contributed by atoms with Crippen molar-refractivity contribution >= 4 is 6.09 Å². The molecule has 0 radical (unpaired) electrons. The lowest BCUT2D eigenvalue weighted by atomic mass is 9.96. The van der Waals surface area contributed by atoms with Crippen molar-refractivity contribution in [1.82, 2.24) is 10.2 Å². The number of methoxy groups -OCH3 is 1. The Balaban J connectivity index is 2.21. The number of hydrogen-bond acceptors (Lipinski definition) is 4. The highest BCUT2D eigenvalue weighted by Crippen LogP contribution is 2.28. The Morgan fingerprint density at radius 1 is 1.40 bits per heavy atom. The molecule has 1 aromatic rings. The molecule has 1 amide bonds. The summed E-state index contributed by atoms with van der Waals surface area (Å²) < 4.78 is 10.5. The molecule has 1 N–H and O–H groups in total. The summed E-state index contributed by atoms with van der Waals surface area (Å²) in [5, 5.41) is 3.14. The van der Waals surface area contributed by atoms with Gasteiger partial charge in [-0.2, -0.15) is 0 Å². The van der Waals surface area contributed by atoms with Gasteiger partial charge in [0.1, 0.15) is 5.75 Å². The molecule has 20 heavy (non-hydrogen) atoms. The second kappa shape index (κ2) is 6.61. The summed E-state index contributed by atoms with van der Waals surface area (Å²) >= 11 is 0. The molecule has 0 unspecified atom stereocenters. The summed E-state index contributed by atoms with van der Waals surface area (Å²) in [6.45, 7) is 4.30. The Labute approximate surface area is 119 Å². The number of carbonyl (C=O) groups is 1. The lowest BCUT2D eigenvalue weighted by Crippen LogP contribution is -2.36. The maximum atomic E-state index is 11.8. The molecule has 1 aliphatic rings. The molecule has 2 rings (SSSR count). The normalized spacial score (nSPS) is 13.8. The molecule has 1 aromatic carbocycles. The molecular formula is C15H22N2O3. The summed E-state index contributed by atoms with van der Waals surface area (Å²) in [6, 6.07) is 4.21. The SMILES string of the molecule is CCOC(=O)N1CCc2cc(CNC)c(OC)cc2C1. The van der Waals surface area contributed by atoms with E-state index in [2.05, 4.69) is 11.4 Å². The van der Waals surface area contributed by atoms with E-state index in [0.29, 0.717) is 19.7 Å². The Morgan fingerprint density at radius 2 is 2.20 bits per heavy atom. The smallest absolute Gasteiger partial charge is 0.410 e. The zero-order chi connectivity index (χ0) is 14.5. The first-order valence-corrected chi connectivity index (χ1v) is 6.94. The van der Waals surface area contributed by atoms with E-state index >= 15 is 0 Å². The van der Waals surface area contributed by atoms with Crippen LogP contribution in [0.15, 0.2) is 12.1 Å². The van der Waals surface area contributed by atoms with E-state index in [1.165, 1.54) is 5.56 Å². The second-order valence-electron chi connectivity index (χ2n) is 4.83. The quantitative estimate of drug-likeness (QED) is 0.914. The van der Waals surface area contributed by atoms with Crippen LogP contribution in [0.5, 0.6) is 5.75 Å². The Bertz CT molecular complexity index is 488. The van der Waals surface area contributed by atoms with Crippen LogP contribution in [0.1, 0.15) is 23.6 Å². The van der Waals surface area contributed by atoms with Gasteiger partial charge in [-0.3, -0.25) is 0 Å². The van der Waals surface area contributed by atoms with Gasteiger partial charge >= 0.3 is 6.09 Å². The van der Waals surface area contributed by atoms with E-state index in [1.54, 1.807) is 12.0 Å². The Morgan fingerprint density at radius 3 is 2.85 bits per heavy atom. The summed E-state index contributed by atoms with van der Waals surface area (Å²) in [5.41, 5.74) is 3.58. The van der Waals surface area contributed by atoms with Gasteiger partial charge in [-0.15, -0.1) is 0 Å². The third kappa shape index (κ3) is 3.04. The molecule has 0 bridgehead atoms. The van der Waals surface area contributed by atoms with Crippen LogP contribution in [-0.4, -0.2) is 38.3 Å². The van der Waals surface area contributed by atoms with E-state index in [1.807, 2.05) is 20.0 Å². The van der Waals surface area contributed by atoms with Crippen LogP contribution >= 0.6 is 0 Å². The number of nitrogens with one attached hydrogen (secondary N) is 1. The number of nitrogens with zero attached hydrogens (tertiary/aromatic N) is 1. The van der Waals surface area contributed by atoms with E-state index in [-0.39, 0.29) is 6.09 Å². The van der Waals surface area contributed by atoms with Crippen LogP contribution in [0, 0.1) is 0 Å². The molecule has 110 valence electrons. The van der Waals surface area contributed by atoms with Crippen molar-refractivity contribution in [2.75, 3.05) is 27.3 Å². The van der Waals surface area contributed by atoms with Gasteiger partial charge in [-0.1, -0.05) is 6.07 Å². The number of hydrogen-bond donors (Lipinski definition) is 1. The molecule has 0 spiro atoms. The predicted molar refractivity (Wildman–Crippen MR) is 76.9 cm³/mol. The highest BCUT2D eigenvalue weighted by Gasteiger charge is 2.23. The summed E-state index contributed by atoms with van der Waals surface area (Å²) in [7, 11) is 3.59. The molecule has 0 saturated heterocycles. The van der Waals surface area contributed by atoms with Crippen LogP contribution in [0.3, 0.4) is 0 Å². The molecule has 5 nitrogen and oxygen atoms in total. The number of rotatable bonds is 4. The fourth-order valence-corrected chi connectivity index (χ4v) is 2.53. The van der Waals surface area contributed by atoms with E-state index in [0.717, 1.165) is 29.8 Å². The number of ether oxygens (including phenoxy) is 2. The van der Waals surface area contributed by atoms with Gasteiger partial charge < -0.3 is 19.7 Å². The number of amides is 1. The van der Waals surface area contributed by atoms with Crippen molar-refractivity contribution in [3.8, 4) is 5.75 Å². The minimum atomic E-state index is -0.239. The third-order valence-corrected chi connectivity index (χ3v) is 3.51. The predicted octanol–water partition coefficient (Wildman–Crippen LogP) is 1.93. The Hall–Kier alpha value is -1.75. The molecule has 5 heteroatoms. The van der Waals surface area contributed by atoms with Crippen molar-refractivity contribution < 1.29 is 14.3 Å². The monoisotopic (exact) mass is 278 g/mol. The zero-order valence-corrected chi connectivity index (χ0v) is 12.4.